The summed E-state index contributed by atoms with van der Waals surface area (Å²) in [6, 6.07) is 3.42. The van der Waals surface area contributed by atoms with Gasteiger partial charge < -0.3 is 14.4 Å². The summed E-state index contributed by atoms with van der Waals surface area (Å²) < 4.78 is 5.19. The van der Waals surface area contributed by atoms with Gasteiger partial charge in [-0.3, -0.25) is 0 Å². The highest BCUT2D eigenvalue weighted by Gasteiger charge is 2.66. The van der Waals surface area contributed by atoms with Gasteiger partial charge in [0.2, 0.25) is 0 Å². The molecule has 3 fully saturated rings. The van der Waals surface area contributed by atoms with Crippen molar-refractivity contribution in [3.05, 3.63) is 46.0 Å². The zero-order valence-electron chi connectivity index (χ0n) is 19.0. The molecule has 4 aliphatic rings. The van der Waals surface area contributed by atoms with E-state index in [1.807, 2.05) is 13.0 Å². The molecule has 5 nitrogen and oxygen atoms in total. The van der Waals surface area contributed by atoms with E-state index >= 15 is 0 Å². The Kier molecular flexibility index (Phi) is 4.96. The number of oxime groups is 1. The average molecular weight is 426 g/mol. The molecule has 1 N–H and O–H groups in total. The maximum Gasteiger partial charge on any atom is 0.335 e. The summed E-state index contributed by atoms with van der Waals surface area (Å²) in [5.74, 6) is 1.06. The van der Waals surface area contributed by atoms with Crippen LogP contribution < -0.4 is 5.63 Å². The van der Waals surface area contributed by atoms with Crippen LogP contribution in [-0.2, 0) is 4.84 Å². The second kappa shape index (κ2) is 7.33. The van der Waals surface area contributed by atoms with E-state index in [0.29, 0.717) is 18.4 Å². The molecule has 0 bridgehead atoms. The summed E-state index contributed by atoms with van der Waals surface area (Å²) in [6.45, 7) is 7.28. The van der Waals surface area contributed by atoms with Crippen LogP contribution in [0.4, 0.5) is 0 Å². The van der Waals surface area contributed by atoms with Gasteiger partial charge in [-0.2, -0.15) is 0 Å². The first-order valence-electron chi connectivity index (χ1n) is 12.0. The monoisotopic (exact) mass is 425 g/mol. The van der Waals surface area contributed by atoms with Crippen molar-refractivity contribution in [1.29, 1.82) is 0 Å². The van der Waals surface area contributed by atoms with E-state index in [1.165, 1.54) is 11.6 Å². The topological polar surface area (TPSA) is 72.0 Å². The molecule has 3 saturated carbocycles. The lowest BCUT2D eigenvalue weighted by Gasteiger charge is -2.61. The zero-order chi connectivity index (χ0) is 21.9. The molecule has 5 rings (SSSR count). The van der Waals surface area contributed by atoms with Crippen LogP contribution in [0.15, 0.2) is 44.4 Å². The average Bonchev–Trinajstić information content (AvgIpc) is 3.04. The maximum absolute atomic E-state index is 12.3. The molecule has 2 unspecified atom stereocenters. The normalized spacial score (nSPS) is 43.0. The van der Waals surface area contributed by atoms with Crippen molar-refractivity contribution < 1.29 is 14.4 Å². The van der Waals surface area contributed by atoms with Gasteiger partial charge in [0.1, 0.15) is 6.61 Å². The lowest BCUT2D eigenvalue weighted by molar-refractivity contribution is -0.176. The molecule has 168 valence electrons. The third-order valence-electron chi connectivity index (χ3n) is 9.60. The number of hydrogen-bond donors (Lipinski definition) is 1. The van der Waals surface area contributed by atoms with Gasteiger partial charge >= 0.3 is 5.63 Å². The lowest BCUT2D eigenvalue weighted by atomic mass is 9.45. The van der Waals surface area contributed by atoms with Crippen LogP contribution in [0.5, 0.6) is 0 Å². The summed E-state index contributed by atoms with van der Waals surface area (Å²) >= 11 is 0. The Morgan fingerprint density at radius 1 is 1.13 bits per heavy atom. The number of fused-ring (bicyclic) bond motifs is 5. The Morgan fingerprint density at radius 2 is 1.97 bits per heavy atom. The first-order valence-corrected chi connectivity index (χ1v) is 12.0. The molecule has 1 aromatic rings. The quantitative estimate of drug-likeness (QED) is 0.676. The smallest absolute Gasteiger partial charge is 0.335 e. The van der Waals surface area contributed by atoms with Crippen molar-refractivity contribution in [3.8, 4) is 0 Å². The number of nitrogens with zero attached hydrogens (tertiary/aromatic N) is 1. The van der Waals surface area contributed by atoms with Gasteiger partial charge in [0.15, 0.2) is 0 Å². The van der Waals surface area contributed by atoms with Crippen molar-refractivity contribution >= 4 is 5.71 Å². The van der Waals surface area contributed by atoms with Crippen LogP contribution in [0.2, 0.25) is 0 Å². The number of aliphatic hydroxyl groups is 1. The molecule has 1 heterocycles. The Bertz CT molecular complexity index is 959. The molecule has 6 atom stereocenters. The van der Waals surface area contributed by atoms with Crippen LogP contribution in [-0.4, -0.2) is 23.0 Å². The molecule has 1 aromatic heterocycles. The third-order valence-corrected chi connectivity index (χ3v) is 9.60. The second-order valence-electron chi connectivity index (χ2n) is 10.7. The summed E-state index contributed by atoms with van der Waals surface area (Å²) in [7, 11) is 0. The first-order chi connectivity index (χ1) is 14.8. The SMILES string of the molecule is CCON=C1C=C2CCC3C(CC[C@]4(C)[C@@H](c5ccc(=O)oc5)CC[C@]34O)[C@@]2(C)CC1. The lowest BCUT2D eigenvalue weighted by Crippen LogP contribution is -2.60. The highest BCUT2D eigenvalue weighted by Crippen LogP contribution is 2.69. The summed E-state index contributed by atoms with van der Waals surface area (Å²) in [5.41, 5.74) is 2.63. The molecule has 31 heavy (non-hydrogen) atoms. The van der Waals surface area contributed by atoms with Crippen molar-refractivity contribution in [2.45, 2.75) is 83.7 Å². The number of hydrogen-bond acceptors (Lipinski definition) is 5. The van der Waals surface area contributed by atoms with Crippen molar-refractivity contribution in [3.63, 3.8) is 0 Å². The molecule has 0 spiro atoms. The Morgan fingerprint density at radius 3 is 2.71 bits per heavy atom. The molecule has 0 saturated heterocycles. The van der Waals surface area contributed by atoms with E-state index in [-0.39, 0.29) is 22.4 Å². The van der Waals surface area contributed by atoms with E-state index < -0.39 is 5.60 Å². The second-order valence-corrected chi connectivity index (χ2v) is 10.7. The van der Waals surface area contributed by atoms with E-state index in [9.17, 15) is 9.90 Å². The number of rotatable bonds is 3. The molecule has 4 aliphatic carbocycles. The summed E-state index contributed by atoms with van der Waals surface area (Å²) in [4.78, 5) is 16.8. The molecule has 0 aromatic carbocycles. The van der Waals surface area contributed by atoms with Crippen LogP contribution in [0.1, 0.15) is 83.6 Å². The fourth-order valence-corrected chi connectivity index (χ4v) is 7.86. The molecule has 5 heteroatoms. The zero-order valence-corrected chi connectivity index (χ0v) is 19.0. The third kappa shape index (κ3) is 2.99. The van der Waals surface area contributed by atoms with Gasteiger partial charge in [0.05, 0.1) is 17.6 Å². The van der Waals surface area contributed by atoms with Gasteiger partial charge in [-0.25, -0.2) is 4.79 Å². The molecular formula is C26H35NO4. The Balaban J connectivity index is 1.46. The summed E-state index contributed by atoms with van der Waals surface area (Å²) in [5, 5.41) is 16.6. The fraction of sp³-hybridized carbons (Fsp3) is 0.692. The summed E-state index contributed by atoms with van der Waals surface area (Å²) in [6.07, 6.45) is 12.0. The van der Waals surface area contributed by atoms with E-state index in [1.54, 1.807) is 6.26 Å². The van der Waals surface area contributed by atoms with Crippen LogP contribution in [0, 0.1) is 22.7 Å². The maximum atomic E-state index is 12.3. The van der Waals surface area contributed by atoms with Crippen molar-refractivity contribution in [1.82, 2.24) is 0 Å². The molecular weight excluding hydrogens is 390 g/mol. The van der Waals surface area contributed by atoms with Crippen molar-refractivity contribution in [2.75, 3.05) is 6.61 Å². The Labute approximate surface area is 184 Å². The molecule has 0 aliphatic heterocycles. The largest absolute Gasteiger partial charge is 0.431 e. The molecule has 0 amide bonds. The predicted octanol–water partition coefficient (Wildman–Crippen LogP) is 5.19. The van der Waals surface area contributed by atoms with E-state index in [0.717, 1.165) is 62.6 Å². The van der Waals surface area contributed by atoms with Crippen LogP contribution in [0.3, 0.4) is 0 Å². The van der Waals surface area contributed by atoms with Crippen molar-refractivity contribution in [2.24, 2.45) is 27.8 Å². The van der Waals surface area contributed by atoms with E-state index in [4.69, 9.17) is 9.25 Å². The first kappa shape index (κ1) is 21.0. The minimum absolute atomic E-state index is 0.142. The van der Waals surface area contributed by atoms with Gasteiger partial charge in [-0.1, -0.05) is 24.6 Å². The van der Waals surface area contributed by atoms with Crippen LogP contribution >= 0.6 is 0 Å². The van der Waals surface area contributed by atoms with E-state index in [2.05, 4.69) is 25.1 Å². The van der Waals surface area contributed by atoms with Gasteiger partial charge in [0, 0.05) is 11.5 Å². The van der Waals surface area contributed by atoms with Gasteiger partial charge in [-0.05, 0) is 99.2 Å². The highest BCUT2D eigenvalue weighted by atomic mass is 16.6. The predicted molar refractivity (Wildman–Crippen MR) is 120 cm³/mol. The highest BCUT2D eigenvalue weighted by molar-refractivity contribution is 5.96. The fourth-order valence-electron chi connectivity index (χ4n) is 7.86. The molecule has 0 radical (unpaired) electrons. The van der Waals surface area contributed by atoms with Crippen LogP contribution in [0.25, 0.3) is 0 Å². The minimum atomic E-state index is -0.662. The van der Waals surface area contributed by atoms with Gasteiger partial charge in [0.25, 0.3) is 0 Å². The van der Waals surface area contributed by atoms with Gasteiger partial charge in [-0.15, -0.1) is 0 Å². The standard InChI is InChI=1S/C26H35NO4/c1-4-31-27-19-9-12-24(2)18(15-19)6-7-22-21(24)10-13-25(3)20(11-14-26(22,25)29)17-5-8-23(28)30-16-17/h5,8,15-16,20-22,29H,4,6-7,9-14H2,1-3H3/t20-,21?,22?,24+,25-,26+/m1/s1. The number of allylic oxidation sites excluding steroid dienone is 2. The minimum Gasteiger partial charge on any atom is -0.431 e. The Hall–Kier alpha value is -1.88.